The first-order chi connectivity index (χ1) is 16.0. The monoisotopic (exact) mass is 504 g/mol. The number of likely N-dealkylation sites (tertiary alicyclic amines) is 1. The Balaban J connectivity index is 1.62. The van der Waals surface area contributed by atoms with Crippen LogP contribution in [0.2, 0.25) is 10.0 Å². The summed E-state index contributed by atoms with van der Waals surface area (Å²) in [7, 11) is 0. The number of aromatic nitrogens is 3. The van der Waals surface area contributed by atoms with Crippen LogP contribution < -0.4 is 16.0 Å². The average Bonchev–Trinajstić information content (AvgIpc) is 2.76. The number of hydrogen-bond acceptors (Lipinski definition) is 6. The van der Waals surface area contributed by atoms with Crippen LogP contribution in [0.15, 0.2) is 46.1 Å². The Labute approximate surface area is 204 Å². The number of halogens is 2. The lowest BCUT2D eigenvalue weighted by Crippen LogP contribution is -2.43. The molecule has 2 aromatic carbocycles. The summed E-state index contributed by atoms with van der Waals surface area (Å²) in [5.74, 6) is -0.107. The van der Waals surface area contributed by atoms with Gasteiger partial charge in [-0.05, 0) is 48.6 Å². The second-order valence-corrected chi connectivity index (χ2v) is 9.68. The van der Waals surface area contributed by atoms with Crippen molar-refractivity contribution >= 4 is 29.1 Å². The van der Waals surface area contributed by atoms with E-state index in [9.17, 15) is 19.5 Å². The zero-order valence-corrected chi connectivity index (χ0v) is 20.0. The first-order valence-electron chi connectivity index (χ1n) is 10.5. The Morgan fingerprint density at radius 1 is 1.18 bits per heavy atom. The number of benzene rings is 2. The number of amides is 1. The molecule has 1 aliphatic rings. The average molecular weight is 505 g/mol. The van der Waals surface area contributed by atoms with Gasteiger partial charge in [-0.2, -0.15) is 9.78 Å². The highest BCUT2D eigenvalue weighted by molar-refractivity contribution is 6.37. The molecule has 0 radical (unpaired) electrons. The van der Waals surface area contributed by atoms with Gasteiger partial charge in [0, 0.05) is 13.1 Å². The number of phenolic OH excluding ortho intramolecular Hbond substituents is 1. The molecule has 0 unspecified atom stereocenters. The van der Waals surface area contributed by atoms with E-state index in [-0.39, 0.29) is 49.9 Å². The zero-order valence-electron chi connectivity index (χ0n) is 18.5. The summed E-state index contributed by atoms with van der Waals surface area (Å²) in [6.07, 6.45) is 2.87. The standard InChI is InChI=1S/C23H22Cl2N4O5/c1-23(2)6-3-7-28(12-23)21(32)15-10-14(4-5-18(15)30)34-20-16(24)8-13(9-17(20)25)29-22(33)27-19(31)11-26-29/h4-5,8-11,30H,3,6-7,12H2,1-2H3,(H,27,31,33). The van der Waals surface area contributed by atoms with E-state index >= 15 is 0 Å². The van der Waals surface area contributed by atoms with Crippen LogP contribution in [0.3, 0.4) is 0 Å². The van der Waals surface area contributed by atoms with E-state index in [1.165, 1.54) is 30.3 Å². The molecule has 1 saturated heterocycles. The summed E-state index contributed by atoms with van der Waals surface area (Å²) in [5.41, 5.74) is -1.05. The predicted molar refractivity (Wildman–Crippen MR) is 128 cm³/mol. The first kappa shape index (κ1) is 23.8. The van der Waals surface area contributed by atoms with Gasteiger partial charge >= 0.3 is 5.69 Å². The van der Waals surface area contributed by atoms with Crippen molar-refractivity contribution in [3.63, 3.8) is 0 Å². The lowest BCUT2D eigenvalue weighted by Gasteiger charge is -2.38. The van der Waals surface area contributed by atoms with Crippen LogP contribution in [-0.4, -0.2) is 43.8 Å². The minimum absolute atomic E-state index is 0.00301. The van der Waals surface area contributed by atoms with Crippen molar-refractivity contribution in [2.45, 2.75) is 26.7 Å². The highest BCUT2D eigenvalue weighted by atomic mass is 35.5. The summed E-state index contributed by atoms with van der Waals surface area (Å²) in [5, 5.41) is 14.2. The quantitative estimate of drug-likeness (QED) is 0.554. The molecule has 3 aromatic rings. The number of aromatic amines is 1. The van der Waals surface area contributed by atoms with Gasteiger partial charge < -0.3 is 14.7 Å². The van der Waals surface area contributed by atoms with Gasteiger partial charge in [-0.15, -0.1) is 0 Å². The van der Waals surface area contributed by atoms with Crippen LogP contribution >= 0.6 is 23.2 Å². The summed E-state index contributed by atoms with van der Waals surface area (Å²) in [4.78, 5) is 40.2. The van der Waals surface area contributed by atoms with Crippen LogP contribution in [0.25, 0.3) is 5.69 Å². The smallest absolute Gasteiger partial charge is 0.349 e. The van der Waals surface area contributed by atoms with Crippen molar-refractivity contribution < 1.29 is 14.6 Å². The fourth-order valence-corrected chi connectivity index (χ4v) is 4.49. The number of nitrogens with zero attached hydrogens (tertiary/aromatic N) is 3. The maximum absolute atomic E-state index is 13.1. The predicted octanol–water partition coefficient (Wildman–Crippen LogP) is 3.99. The third-order valence-corrected chi connectivity index (χ3v) is 6.11. The molecular weight excluding hydrogens is 483 g/mol. The van der Waals surface area contributed by atoms with Crippen LogP contribution in [0.4, 0.5) is 0 Å². The lowest BCUT2D eigenvalue weighted by molar-refractivity contribution is 0.0580. The highest BCUT2D eigenvalue weighted by Gasteiger charge is 2.30. The SMILES string of the molecule is CC1(C)CCCN(C(=O)c2cc(Oc3c(Cl)cc(-n4ncc(=O)[nH]c4=O)cc3Cl)ccc2O)C1. The van der Waals surface area contributed by atoms with Crippen LogP contribution in [0.1, 0.15) is 37.0 Å². The molecule has 0 spiro atoms. The highest BCUT2D eigenvalue weighted by Crippen LogP contribution is 2.39. The van der Waals surface area contributed by atoms with Crippen LogP contribution in [0.5, 0.6) is 17.2 Å². The molecule has 9 nitrogen and oxygen atoms in total. The number of aromatic hydroxyl groups is 1. The molecule has 1 fully saturated rings. The van der Waals surface area contributed by atoms with E-state index in [1.807, 2.05) is 0 Å². The number of ether oxygens (including phenoxy) is 1. The lowest BCUT2D eigenvalue weighted by atomic mass is 9.84. The maximum atomic E-state index is 13.1. The normalized spacial score (nSPS) is 15.2. The van der Waals surface area contributed by atoms with Gasteiger partial charge in [-0.3, -0.25) is 14.6 Å². The summed E-state index contributed by atoms with van der Waals surface area (Å²) < 4.78 is 6.77. The molecule has 4 rings (SSSR count). The van der Waals surface area contributed by atoms with Crippen LogP contribution in [-0.2, 0) is 0 Å². The zero-order chi connectivity index (χ0) is 24.6. The van der Waals surface area contributed by atoms with Gasteiger partial charge in [0.1, 0.15) is 17.7 Å². The van der Waals surface area contributed by atoms with Gasteiger partial charge in [-0.1, -0.05) is 37.0 Å². The summed E-state index contributed by atoms with van der Waals surface area (Å²) >= 11 is 12.7. The van der Waals surface area contributed by atoms with Gasteiger partial charge in [0.2, 0.25) is 0 Å². The minimum atomic E-state index is -0.754. The molecule has 11 heteroatoms. The number of nitrogens with one attached hydrogen (secondary N) is 1. The van der Waals surface area contributed by atoms with E-state index in [0.29, 0.717) is 13.1 Å². The third kappa shape index (κ3) is 4.95. The Hall–Kier alpha value is -3.30. The van der Waals surface area contributed by atoms with Crippen molar-refractivity contribution in [1.29, 1.82) is 0 Å². The molecule has 0 bridgehead atoms. The Bertz CT molecular complexity index is 1360. The molecule has 0 aliphatic carbocycles. The molecular formula is C23H22Cl2N4O5. The number of piperidine rings is 1. The van der Waals surface area contributed by atoms with Crippen molar-refractivity contribution in [3.05, 3.63) is 73.0 Å². The Morgan fingerprint density at radius 2 is 1.88 bits per heavy atom. The number of rotatable bonds is 4. The van der Waals surface area contributed by atoms with E-state index in [2.05, 4.69) is 23.9 Å². The third-order valence-electron chi connectivity index (χ3n) is 5.55. The second kappa shape index (κ2) is 9.15. The van der Waals surface area contributed by atoms with E-state index in [0.717, 1.165) is 23.7 Å². The van der Waals surface area contributed by atoms with Crippen molar-refractivity contribution in [2.24, 2.45) is 5.41 Å². The number of H-pyrrole nitrogens is 1. The molecule has 1 amide bonds. The molecule has 34 heavy (non-hydrogen) atoms. The van der Waals surface area contributed by atoms with E-state index < -0.39 is 11.2 Å². The van der Waals surface area contributed by atoms with Crippen molar-refractivity contribution in [3.8, 4) is 22.9 Å². The second-order valence-electron chi connectivity index (χ2n) is 8.86. The van der Waals surface area contributed by atoms with E-state index in [1.54, 1.807) is 4.90 Å². The van der Waals surface area contributed by atoms with Gasteiger partial charge in [0.05, 0.1) is 21.3 Å². The molecule has 1 aromatic heterocycles. The summed E-state index contributed by atoms with van der Waals surface area (Å²) in [6.45, 7) is 5.42. The van der Waals surface area contributed by atoms with Gasteiger partial charge in [-0.25, -0.2) is 4.79 Å². The molecule has 2 heterocycles. The number of hydrogen-bond donors (Lipinski definition) is 2. The van der Waals surface area contributed by atoms with Crippen LogP contribution in [0, 0.1) is 5.41 Å². The van der Waals surface area contributed by atoms with Crippen molar-refractivity contribution in [1.82, 2.24) is 19.7 Å². The molecule has 178 valence electrons. The Morgan fingerprint density at radius 3 is 2.53 bits per heavy atom. The topological polar surface area (TPSA) is 118 Å². The molecule has 0 saturated carbocycles. The molecule has 0 atom stereocenters. The van der Waals surface area contributed by atoms with E-state index in [4.69, 9.17) is 27.9 Å². The summed E-state index contributed by atoms with van der Waals surface area (Å²) in [6, 6.07) is 7.10. The number of carbonyl (C=O) groups is 1. The maximum Gasteiger partial charge on any atom is 0.349 e. The van der Waals surface area contributed by atoms with Gasteiger partial charge in [0.25, 0.3) is 11.5 Å². The number of carbonyl (C=O) groups excluding carboxylic acids is 1. The fourth-order valence-electron chi connectivity index (χ4n) is 3.94. The largest absolute Gasteiger partial charge is 0.507 e. The fraction of sp³-hybridized carbons (Fsp3) is 0.304. The number of phenols is 1. The first-order valence-corrected chi connectivity index (χ1v) is 11.3. The van der Waals surface area contributed by atoms with Crippen molar-refractivity contribution in [2.75, 3.05) is 13.1 Å². The molecule has 2 N–H and O–H groups in total. The van der Waals surface area contributed by atoms with Gasteiger partial charge in [0.15, 0.2) is 5.75 Å². The molecule has 1 aliphatic heterocycles. The Kier molecular flexibility index (Phi) is 6.42. The minimum Gasteiger partial charge on any atom is -0.507 e.